The first-order chi connectivity index (χ1) is 10.2. The molecule has 0 radical (unpaired) electrons. The number of allylic oxidation sites excluding steroid dienone is 2. The van der Waals surface area contributed by atoms with Crippen molar-refractivity contribution in [3.63, 3.8) is 0 Å². The maximum absolute atomic E-state index is 6.32. The Bertz CT molecular complexity index is 745. The molecular formula is C19H18N2. The Morgan fingerprint density at radius 3 is 2.62 bits per heavy atom. The van der Waals surface area contributed by atoms with Crippen molar-refractivity contribution in [2.75, 3.05) is 10.6 Å². The number of nitrogens with two attached hydrogens (primary N) is 1. The fourth-order valence-corrected chi connectivity index (χ4v) is 3.67. The van der Waals surface area contributed by atoms with Crippen LogP contribution in [0, 0.1) is 0 Å². The van der Waals surface area contributed by atoms with Gasteiger partial charge in [-0.3, -0.25) is 0 Å². The van der Waals surface area contributed by atoms with Gasteiger partial charge in [0.05, 0.1) is 16.9 Å². The van der Waals surface area contributed by atoms with Crippen LogP contribution in [0.4, 0.5) is 17.1 Å². The molecule has 0 aromatic heterocycles. The van der Waals surface area contributed by atoms with Crippen molar-refractivity contribution in [2.45, 2.75) is 18.4 Å². The Labute approximate surface area is 125 Å². The fraction of sp³-hybridized carbons (Fsp3) is 0.158. The molecule has 2 unspecified atom stereocenters. The van der Waals surface area contributed by atoms with Gasteiger partial charge >= 0.3 is 0 Å². The Balaban J connectivity index is 2.01. The molecule has 2 heteroatoms. The van der Waals surface area contributed by atoms with E-state index in [0.29, 0.717) is 5.92 Å². The molecule has 0 fully saturated rings. The van der Waals surface area contributed by atoms with Crippen LogP contribution in [0.5, 0.6) is 0 Å². The van der Waals surface area contributed by atoms with Gasteiger partial charge in [-0.1, -0.05) is 54.6 Å². The quantitative estimate of drug-likeness (QED) is 0.781. The lowest BCUT2D eigenvalue weighted by Crippen LogP contribution is -2.42. The molecule has 2 N–H and O–H groups in total. The molecule has 0 bridgehead atoms. The van der Waals surface area contributed by atoms with Gasteiger partial charge in [0.2, 0.25) is 0 Å². The number of para-hydroxylation sites is 2. The fourth-order valence-electron chi connectivity index (χ4n) is 3.67. The van der Waals surface area contributed by atoms with Crippen LogP contribution in [-0.4, -0.2) is 5.54 Å². The first-order valence-corrected chi connectivity index (χ1v) is 7.31. The van der Waals surface area contributed by atoms with Gasteiger partial charge in [0.25, 0.3) is 0 Å². The average molecular weight is 274 g/mol. The monoisotopic (exact) mass is 274 g/mol. The van der Waals surface area contributed by atoms with E-state index in [1.54, 1.807) is 0 Å². The number of hydrogen-bond acceptors (Lipinski definition) is 2. The largest absolute Gasteiger partial charge is 0.397 e. The van der Waals surface area contributed by atoms with Crippen LogP contribution >= 0.6 is 0 Å². The minimum absolute atomic E-state index is 0.103. The normalized spacial score (nSPS) is 25.8. The van der Waals surface area contributed by atoms with Crippen molar-refractivity contribution in [1.29, 1.82) is 0 Å². The van der Waals surface area contributed by atoms with Crippen LogP contribution in [-0.2, 0) is 0 Å². The van der Waals surface area contributed by atoms with Gasteiger partial charge in [-0.25, -0.2) is 0 Å². The number of nitrogen functional groups attached to an aromatic ring is 1. The zero-order valence-corrected chi connectivity index (χ0v) is 12.0. The van der Waals surface area contributed by atoms with Crippen molar-refractivity contribution >= 4 is 17.1 Å². The van der Waals surface area contributed by atoms with Crippen LogP contribution in [0.15, 0.2) is 72.8 Å². The highest BCUT2D eigenvalue weighted by atomic mass is 15.2. The molecule has 104 valence electrons. The molecular weight excluding hydrogens is 256 g/mol. The van der Waals surface area contributed by atoms with E-state index in [1.165, 1.54) is 11.3 Å². The molecule has 0 amide bonds. The van der Waals surface area contributed by atoms with Gasteiger partial charge in [-0.15, -0.1) is 0 Å². The Kier molecular flexibility index (Phi) is 2.49. The molecule has 0 saturated heterocycles. The number of fused-ring (bicyclic) bond motifs is 3. The smallest absolute Gasteiger partial charge is 0.0713 e. The van der Waals surface area contributed by atoms with Gasteiger partial charge in [0.15, 0.2) is 0 Å². The summed E-state index contributed by atoms with van der Waals surface area (Å²) in [7, 11) is 0. The molecule has 4 rings (SSSR count). The molecule has 2 aliphatic rings. The number of benzene rings is 2. The number of hydrogen-bond donors (Lipinski definition) is 1. The Morgan fingerprint density at radius 2 is 1.81 bits per heavy atom. The van der Waals surface area contributed by atoms with Crippen molar-refractivity contribution < 1.29 is 0 Å². The summed E-state index contributed by atoms with van der Waals surface area (Å²) in [6.07, 6.45) is 8.83. The molecule has 0 saturated carbocycles. The van der Waals surface area contributed by atoms with Crippen LogP contribution in [0.2, 0.25) is 0 Å². The summed E-state index contributed by atoms with van der Waals surface area (Å²) in [4.78, 5) is 2.38. The highest BCUT2D eigenvalue weighted by molar-refractivity contribution is 5.85. The predicted molar refractivity (Wildman–Crippen MR) is 88.9 cm³/mol. The average Bonchev–Trinajstić information content (AvgIpc) is 2.78. The molecule has 2 aromatic carbocycles. The van der Waals surface area contributed by atoms with Crippen LogP contribution in [0.25, 0.3) is 0 Å². The summed E-state index contributed by atoms with van der Waals surface area (Å²) in [5.41, 5.74) is 10.7. The molecule has 2 aromatic rings. The molecule has 2 atom stereocenters. The number of nitrogens with zero attached hydrogens (tertiary/aromatic N) is 1. The zero-order chi connectivity index (χ0) is 14.4. The lowest BCUT2D eigenvalue weighted by atomic mass is 9.80. The first kappa shape index (κ1) is 12.3. The van der Waals surface area contributed by atoms with Gasteiger partial charge in [0.1, 0.15) is 0 Å². The number of rotatable bonds is 1. The van der Waals surface area contributed by atoms with E-state index >= 15 is 0 Å². The van der Waals surface area contributed by atoms with Gasteiger partial charge in [-0.2, -0.15) is 0 Å². The second kappa shape index (κ2) is 4.26. The summed E-state index contributed by atoms with van der Waals surface area (Å²) in [6, 6.07) is 16.7. The van der Waals surface area contributed by atoms with Crippen LogP contribution < -0.4 is 10.6 Å². The highest BCUT2D eigenvalue weighted by Gasteiger charge is 2.47. The van der Waals surface area contributed by atoms with E-state index in [-0.39, 0.29) is 5.54 Å². The van der Waals surface area contributed by atoms with Crippen LogP contribution in [0.1, 0.15) is 18.4 Å². The van der Waals surface area contributed by atoms with Gasteiger partial charge in [0, 0.05) is 11.6 Å². The third-order valence-corrected chi connectivity index (χ3v) is 4.63. The standard InChI is InChI=1S/C19H18N2/c1-19-13-6-5-11-16(19)15-10-7-12-17(20)18(15)21(19)14-8-3-2-4-9-14/h2-13,16H,20H2,1H3. The maximum atomic E-state index is 6.32. The SMILES string of the molecule is CC12C=CC=CC1c1cccc(N)c1N2c1ccccc1. The van der Waals surface area contributed by atoms with Crippen LogP contribution in [0.3, 0.4) is 0 Å². The Hall–Kier alpha value is -2.48. The van der Waals surface area contributed by atoms with E-state index in [0.717, 1.165) is 11.4 Å². The second-order valence-electron chi connectivity index (χ2n) is 5.90. The second-order valence-corrected chi connectivity index (χ2v) is 5.90. The van der Waals surface area contributed by atoms with Crippen molar-refractivity contribution in [3.05, 3.63) is 78.4 Å². The van der Waals surface area contributed by atoms with Gasteiger partial charge in [-0.05, 0) is 30.7 Å². The van der Waals surface area contributed by atoms with E-state index < -0.39 is 0 Å². The lowest BCUT2D eigenvalue weighted by molar-refractivity contribution is 0.542. The van der Waals surface area contributed by atoms with Crippen molar-refractivity contribution in [2.24, 2.45) is 0 Å². The van der Waals surface area contributed by atoms with Gasteiger partial charge < -0.3 is 10.6 Å². The van der Waals surface area contributed by atoms with E-state index in [9.17, 15) is 0 Å². The minimum Gasteiger partial charge on any atom is -0.397 e. The van der Waals surface area contributed by atoms with Crippen molar-refractivity contribution in [3.8, 4) is 0 Å². The molecule has 0 spiro atoms. The molecule has 1 heterocycles. The Morgan fingerprint density at radius 1 is 1.00 bits per heavy atom. The lowest BCUT2D eigenvalue weighted by Gasteiger charge is -2.39. The maximum Gasteiger partial charge on any atom is 0.0713 e. The predicted octanol–water partition coefficient (Wildman–Crippen LogP) is 4.39. The van der Waals surface area contributed by atoms with Crippen molar-refractivity contribution in [1.82, 2.24) is 0 Å². The minimum atomic E-state index is -0.103. The third kappa shape index (κ3) is 1.59. The summed E-state index contributed by atoms with van der Waals surface area (Å²) in [5, 5.41) is 0. The molecule has 2 nitrogen and oxygen atoms in total. The third-order valence-electron chi connectivity index (χ3n) is 4.63. The summed E-state index contributed by atoms with van der Waals surface area (Å²) in [5.74, 6) is 0.334. The summed E-state index contributed by atoms with van der Waals surface area (Å²) in [6.45, 7) is 2.28. The van der Waals surface area contributed by atoms with E-state index in [4.69, 9.17) is 5.73 Å². The first-order valence-electron chi connectivity index (χ1n) is 7.31. The highest BCUT2D eigenvalue weighted by Crippen LogP contribution is 2.55. The molecule has 1 aliphatic heterocycles. The summed E-state index contributed by atoms with van der Waals surface area (Å²) < 4.78 is 0. The number of anilines is 3. The van der Waals surface area contributed by atoms with E-state index in [1.807, 2.05) is 12.1 Å². The molecule has 1 aliphatic carbocycles. The summed E-state index contributed by atoms with van der Waals surface area (Å²) >= 11 is 0. The molecule has 21 heavy (non-hydrogen) atoms. The zero-order valence-electron chi connectivity index (χ0n) is 12.0. The van der Waals surface area contributed by atoms with E-state index in [2.05, 4.69) is 72.5 Å². The topological polar surface area (TPSA) is 29.3 Å².